The molecule has 0 fully saturated rings. The Balaban J connectivity index is 2.91. The Morgan fingerprint density at radius 2 is 2.13 bits per heavy atom. The van der Waals surface area contributed by atoms with Crippen LogP contribution in [0, 0.1) is 13.8 Å². The highest BCUT2D eigenvalue weighted by Gasteiger charge is 2.19. The molecule has 15 heavy (non-hydrogen) atoms. The molecule has 4 heteroatoms. The highest BCUT2D eigenvalue weighted by molar-refractivity contribution is 5.91. The molecule has 0 spiro atoms. The summed E-state index contributed by atoms with van der Waals surface area (Å²) in [5.74, 6) is -0.271. The third-order valence-electron chi connectivity index (χ3n) is 2.60. The molecule has 1 aromatic rings. The third-order valence-corrected chi connectivity index (χ3v) is 2.60. The average Bonchev–Trinajstić information content (AvgIpc) is 2.41. The highest BCUT2D eigenvalue weighted by atomic mass is 16.5. The van der Waals surface area contributed by atoms with Crippen molar-refractivity contribution in [1.29, 1.82) is 0 Å². The second-order valence-corrected chi connectivity index (χ2v) is 3.79. The zero-order valence-corrected chi connectivity index (χ0v) is 10.00. The predicted octanol–water partition coefficient (Wildman–Crippen LogP) is 1.99. The zero-order chi connectivity index (χ0) is 11.6. The molecule has 1 rings (SSSR count). The van der Waals surface area contributed by atoms with Crippen molar-refractivity contribution < 1.29 is 9.53 Å². The van der Waals surface area contributed by atoms with Crippen LogP contribution in [0.15, 0.2) is 0 Å². The third kappa shape index (κ3) is 2.37. The lowest BCUT2D eigenvalue weighted by atomic mass is 10.2. The lowest BCUT2D eigenvalue weighted by Gasteiger charge is -2.10. The second kappa shape index (κ2) is 4.47. The fourth-order valence-corrected chi connectivity index (χ4v) is 1.39. The molecule has 0 aromatic carbocycles. The van der Waals surface area contributed by atoms with E-state index in [1.807, 2.05) is 34.7 Å². The van der Waals surface area contributed by atoms with Gasteiger partial charge >= 0.3 is 5.97 Å². The Kier molecular flexibility index (Phi) is 3.50. The van der Waals surface area contributed by atoms with Crippen molar-refractivity contribution in [3.63, 3.8) is 0 Å². The van der Waals surface area contributed by atoms with Crippen LogP contribution in [0.1, 0.15) is 42.0 Å². The number of hydrogen-bond acceptors (Lipinski definition) is 3. The summed E-state index contributed by atoms with van der Waals surface area (Å²) in [6.07, 6.45) is 0.779. The Morgan fingerprint density at radius 1 is 1.53 bits per heavy atom. The van der Waals surface area contributed by atoms with E-state index in [2.05, 4.69) is 5.10 Å². The van der Waals surface area contributed by atoms with Crippen molar-refractivity contribution in [2.24, 2.45) is 7.05 Å². The van der Waals surface area contributed by atoms with Crippen LogP contribution in [-0.4, -0.2) is 21.9 Å². The van der Waals surface area contributed by atoms with Gasteiger partial charge in [-0.3, -0.25) is 4.68 Å². The minimum Gasteiger partial charge on any atom is -0.459 e. The summed E-state index contributed by atoms with van der Waals surface area (Å²) in [6, 6.07) is 0. The van der Waals surface area contributed by atoms with Gasteiger partial charge in [-0.05, 0) is 27.2 Å². The highest BCUT2D eigenvalue weighted by Crippen LogP contribution is 2.14. The van der Waals surface area contributed by atoms with Crippen LogP contribution in [0.3, 0.4) is 0 Å². The monoisotopic (exact) mass is 210 g/mol. The summed E-state index contributed by atoms with van der Waals surface area (Å²) in [6.45, 7) is 7.56. The maximum absolute atomic E-state index is 11.8. The summed E-state index contributed by atoms with van der Waals surface area (Å²) in [5, 5.41) is 4.18. The molecule has 0 bridgehead atoms. The van der Waals surface area contributed by atoms with Crippen molar-refractivity contribution in [3.05, 3.63) is 17.0 Å². The number of carbonyl (C=O) groups is 1. The van der Waals surface area contributed by atoms with E-state index in [4.69, 9.17) is 4.74 Å². The van der Waals surface area contributed by atoms with Gasteiger partial charge in [0, 0.05) is 12.7 Å². The molecule has 0 aliphatic heterocycles. The first-order valence-corrected chi connectivity index (χ1v) is 5.18. The lowest BCUT2D eigenvalue weighted by molar-refractivity contribution is 0.0332. The standard InChI is InChI=1S/C11H18N2O2/c1-6-7(2)15-11(14)10-8(3)12-13(5)9(10)4/h7H,6H2,1-5H3. The number of aromatic nitrogens is 2. The first-order valence-electron chi connectivity index (χ1n) is 5.18. The van der Waals surface area contributed by atoms with Crippen molar-refractivity contribution in [3.8, 4) is 0 Å². The van der Waals surface area contributed by atoms with E-state index in [9.17, 15) is 4.79 Å². The van der Waals surface area contributed by atoms with Crippen LogP contribution in [-0.2, 0) is 11.8 Å². The summed E-state index contributed by atoms with van der Waals surface area (Å²) < 4.78 is 6.97. The van der Waals surface area contributed by atoms with Gasteiger partial charge in [0.25, 0.3) is 0 Å². The van der Waals surface area contributed by atoms with E-state index < -0.39 is 0 Å². The van der Waals surface area contributed by atoms with Gasteiger partial charge < -0.3 is 4.74 Å². The van der Waals surface area contributed by atoms with Gasteiger partial charge in [0.15, 0.2) is 0 Å². The summed E-state index contributed by atoms with van der Waals surface area (Å²) >= 11 is 0. The number of ether oxygens (including phenoxy) is 1. The van der Waals surface area contributed by atoms with E-state index in [0.29, 0.717) is 5.56 Å². The van der Waals surface area contributed by atoms with Crippen molar-refractivity contribution in [2.45, 2.75) is 40.2 Å². The molecule has 84 valence electrons. The molecule has 1 aromatic heterocycles. The number of hydrogen-bond donors (Lipinski definition) is 0. The Morgan fingerprint density at radius 3 is 2.53 bits per heavy atom. The van der Waals surface area contributed by atoms with Gasteiger partial charge in [-0.1, -0.05) is 6.92 Å². The minimum atomic E-state index is -0.271. The van der Waals surface area contributed by atoms with Crippen LogP contribution in [0.5, 0.6) is 0 Å². The van der Waals surface area contributed by atoms with E-state index in [1.165, 1.54) is 0 Å². The van der Waals surface area contributed by atoms with E-state index in [0.717, 1.165) is 17.8 Å². The lowest BCUT2D eigenvalue weighted by Crippen LogP contribution is -2.15. The van der Waals surface area contributed by atoms with Crippen molar-refractivity contribution in [2.75, 3.05) is 0 Å². The summed E-state index contributed by atoms with van der Waals surface area (Å²) in [5.41, 5.74) is 2.17. The number of esters is 1. The van der Waals surface area contributed by atoms with Gasteiger partial charge in [0.1, 0.15) is 5.56 Å². The Bertz CT molecular complexity index is 369. The van der Waals surface area contributed by atoms with Gasteiger partial charge in [0.2, 0.25) is 0 Å². The van der Waals surface area contributed by atoms with Crippen molar-refractivity contribution in [1.82, 2.24) is 9.78 Å². The van der Waals surface area contributed by atoms with E-state index in [1.54, 1.807) is 4.68 Å². The van der Waals surface area contributed by atoms with E-state index >= 15 is 0 Å². The molecule has 1 heterocycles. The zero-order valence-electron chi connectivity index (χ0n) is 10.00. The maximum Gasteiger partial charge on any atom is 0.342 e. The van der Waals surface area contributed by atoms with Gasteiger partial charge in [-0.25, -0.2) is 4.79 Å². The first-order chi connectivity index (χ1) is 6.97. The number of carbonyl (C=O) groups excluding carboxylic acids is 1. The van der Waals surface area contributed by atoms with Crippen molar-refractivity contribution >= 4 is 5.97 Å². The molecular formula is C11H18N2O2. The molecule has 1 unspecified atom stereocenters. The largest absolute Gasteiger partial charge is 0.459 e. The SMILES string of the molecule is CCC(C)OC(=O)c1c(C)nn(C)c1C. The maximum atomic E-state index is 11.8. The Hall–Kier alpha value is -1.32. The quantitative estimate of drug-likeness (QED) is 0.717. The Labute approximate surface area is 90.2 Å². The first kappa shape index (κ1) is 11.8. The fourth-order valence-electron chi connectivity index (χ4n) is 1.39. The molecule has 0 radical (unpaired) electrons. The van der Waals surface area contributed by atoms with E-state index in [-0.39, 0.29) is 12.1 Å². The number of nitrogens with zero attached hydrogens (tertiary/aromatic N) is 2. The average molecular weight is 210 g/mol. The van der Waals surface area contributed by atoms with Crippen LogP contribution in [0.25, 0.3) is 0 Å². The molecule has 4 nitrogen and oxygen atoms in total. The summed E-state index contributed by atoms with van der Waals surface area (Å²) in [4.78, 5) is 11.8. The smallest absolute Gasteiger partial charge is 0.342 e. The van der Waals surface area contributed by atoms with Gasteiger partial charge in [0.05, 0.1) is 11.8 Å². The molecule has 0 aliphatic carbocycles. The normalized spacial score (nSPS) is 12.6. The van der Waals surface area contributed by atoms with Crippen LogP contribution >= 0.6 is 0 Å². The molecule has 0 N–H and O–H groups in total. The molecule has 0 aliphatic rings. The molecule has 0 saturated carbocycles. The summed E-state index contributed by atoms with van der Waals surface area (Å²) in [7, 11) is 1.82. The molecular weight excluding hydrogens is 192 g/mol. The number of aryl methyl sites for hydroxylation is 2. The topological polar surface area (TPSA) is 44.1 Å². The molecule has 0 saturated heterocycles. The van der Waals surface area contributed by atoms with Gasteiger partial charge in [-0.15, -0.1) is 0 Å². The van der Waals surface area contributed by atoms with Crippen LogP contribution in [0.2, 0.25) is 0 Å². The molecule has 0 amide bonds. The van der Waals surface area contributed by atoms with Gasteiger partial charge in [-0.2, -0.15) is 5.10 Å². The molecule has 1 atom stereocenters. The fraction of sp³-hybridized carbons (Fsp3) is 0.636. The number of rotatable bonds is 3. The minimum absolute atomic E-state index is 0.0449. The van der Waals surface area contributed by atoms with Crippen LogP contribution < -0.4 is 0 Å². The predicted molar refractivity (Wildman–Crippen MR) is 57.9 cm³/mol. The second-order valence-electron chi connectivity index (χ2n) is 3.79. The van der Waals surface area contributed by atoms with Crippen LogP contribution in [0.4, 0.5) is 0 Å².